The van der Waals surface area contributed by atoms with Crippen LogP contribution in [0.3, 0.4) is 0 Å². The number of carbonyl (C=O) groups is 3. The highest BCUT2D eigenvalue weighted by Gasteiger charge is 2.38. The number of likely N-dealkylation sites (N-methyl/N-ethyl adjacent to an activating group) is 1. The monoisotopic (exact) mass is 319 g/mol. The van der Waals surface area contributed by atoms with Crippen molar-refractivity contribution >= 4 is 17.8 Å². The molecule has 2 aliphatic rings. The van der Waals surface area contributed by atoms with Crippen molar-refractivity contribution in [3.63, 3.8) is 0 Å². The third kappa shape index (κ3) is 2.91. The summed E-state index contributed by atoms with van der Waals surface area (Å²) in [5, 5.41) is 0. The van der Waals surface area contributed by atoms with Gasteiger partial charge in [0.1, 0.15) is 18.9 Å². The van der Waals surface area contributed by atoms with Crippen LogP contribution in [0.2, 0.25) is 0 Å². The molecule has 7 heteroatoms. The van der Waals surface area contributed by atoms with E-state index in [0.29, 0.717) is 6.54 Å². The van der Waals surface area contributed by atoms with Crippen molar-refractivity contribution in [2.24, 2.45) is 0 Å². The number of nitrogens with zero attached hydrogens (tertiary/aromatic N) is 3. The molecular weight excluding hydrogens is 301 g/mol. The second-order valence-corrected chi connectivity index (χ2v) is 5.92. The largest absolute Gasteiger partial charge is 0.334 e. The van der Waals surface area contributed by atoms with Crippen molar-refractivity contribution in [1.29, 1.82) is 0 Å². The van der Waals surface area contributed by atoms with Gasteiger partial charge < -0.3 is 9.80 Å². The van der Waals surface area contributed by atoms with E-state index in [1.54, 1.807) is 17.0 Å². The SMILES string of the molecule is CN1CC(=O)N(CC(=O)N2CCCC2c2ccc(F)cc2)C1=O. The van der Waals surface area contributed by atoms with E-state index in [2.05, 4.69) is 0 Å². The zero-order valence-corrected chi connectivity index (χ0v) is 12.9. The standard InChI is InChI=1S/C16H18FN3O3/c1-18-9-14(21)20(16(18)23)10-15(22)19-8-2-3-13(19)11-4-6-12(17)7-5-11/h4-7,13H,2-3,8-10H2,1H3. The molecule has 6 nitrogen and oxygen atoms in total. The molecule has 1 atom stereocenters. The number of urea groups is 1. The van der Waals surface area contributed by atoms with Crippen LogP contribution >= 0.6 is 0 Å². The van der Waals surface area contributed by atoms with Gasteiger partial charge in [-0.25, -0.2) is 9.18 Å². The number of carbonyl (C=O) groups excluding carboxylic acids is 3. The second kappa shape index (κ2) is 5.98. The smallest absolute Gasteiger partial charge is 0.327 e. The first kappa shape index (κ1) is 15.5. The lowest BCUT2D eigenvalue weighted by molar-refractivity contribution is -0.137. The van der Waals surface area contributed by atoms with Gasteiger partial charge in [-0.2, -0.15) is 0 Å². The predicted molar refractivity (Wildman–Crippen MR) is 79.8 cm³/mol. The quantitative estimate of drug-likeness (QED) is 0.791. The van der Waals surface area contributed by atoms with Gasteiger partial charge in [-0.15, -0.1) is 0 Å². The zero-order chi connectivity index (χ0) is 16.6. The van der Waals surface area contributed by atoms with Crippen LogP contribution in [-0.2, 0) is 9.59 Å². The summed E-state index contributed by atoms with van der Waals surface area (Å²) in [6, 6.07) is 5.52. The maximum absolute atomic E-state index is 13.1. The van der Waals surface area contributed by atoms with Crippen LogP contribution in [0.4, 0.5) is 9.18 Å². The molecule has 0 aliphatic carbocycles. The Morgan fingerprint density at radius 2 is 1.96 bits per heavy atom. The molecular formula is C16H18FN3O3. The van der Waals surface area contributed by atoms with Crippen LogP contribution in [0.25, 0.3) is 0 Å². The Bertz CT molecular complexity index is 646. The minimum atomic E-state index is -0.444. The van der Waals surface area contributed by atoms with Crippen LogP contribution in [-0.4, -0.2) is 59.2 Å². The first-order chi connectivity index (χ1) is 11.0. The summed E-state index contributed by atoms with van der Waals surface area (Å²) in [4.78, 5) is 40.1. The Morgan fingerprint density at radius 3 is 2.57 bits per heavy atom. The number of hydrogen-bond acceptors (Lipinski definition) is 3. The van der Waals surface area contributed by atoms with Gasteiger partial charge in [-0.3, -0.25) is 14.5 Å². The molecule has 1 aromatic carbocycles. The van der Waals surface area contributed by atoms with Crippen molar-refractivity contribution in [3.8, 4) is 0 Å². The summed E-state index contributed by atoms with van der Waals surface area (Å²) in [6.45, 7) is 0.347. The van der Waals surface area contributed by atoms with E-state index in [4.69, 9.17) is 0 Å². The molecule has 122 valence electrons. The molecule has 1 aromatic rings. The van der Waals surface area contributed by atoms with E-state index in [1.165, 1.54) is 24.1 Å². The molecule has 0 N–H and O–H groups in total. The Morgan fingerprint density at radius 1 is 1.26 bits per heavy atom. The molecule has 0 radical (unpaired) electrons. The van der Waals surface area contributed by atoms with Crippen molar-refractivity contribution in [1.82, 2.24) is 14.7 Å². The molecule has 0 spiro atoms. The van der Waals surface area contributed by atoms with Gasteiger partial charge in [0, 0.05) is 13.6 Å². The highest BCUT2D eigenvalue weighted by Crippen LogP contribution is 2.32. The van der Waals surface area contributed by atoms with Crippen molar-refractivity contribution in [2.75, 3.05) is 26.7 Å². The lowest BCUT2D eigenvalue weighted by atomic mass is 10.0. The fourth-order valence-electron chi connectivity index (χ4n) is 3.15. The highest BCUT2D eigenvalue weighted by molar-refractivity contribution is 6.04. The molecule has 2 aliphatic heterocycles. The van der Waals surface area contributed by atoms with E-state index in [9.17, 15) is 18.8 Å². The van der Waals surface area contributed by atoms with Crippen LogP contribution in [0, 0.1) is 5.82 Å². The number of amides is 4. The summed E-state index contributed by atoms with van der Waals surface area (Å²) < 4.78 is 13.1. The number of likely N-dealkylation sites (tertiary alicyclic amines) is 1. The Balaban J connectivity index is 1.72. The van der Waals surface area contributed by atoms with E-state index in [0.717, 1.165) is 23.3 Å². The average Bonchev–Trinajstić information content (AvgIpc) is 3.09. The molecule has 3 rings (SSSR count). The molecule has 0 saturated carbocycles. The Hall–Kier alpha value is -2.44. The van der Waals surface area contributed by atoms with Gasteiger partial charge >= 0.3 is 6.03 Å². The minimum Gasteiger partial charge on any atom is -0.334 e. The first-order valence-electron chi connectivity index (χ1n) is 7.58. The molecule has 0 aromatic heterocycles. The number of hydrogen-bond donors (Lipinski definition) is 0. The van der Waals surface area contributed by atoms with Crippen LogP contribution < -0.4 is 0 Å². The third-order valence-electron chi connectivity index (χ3n) is 4.35. The normalized spacial score (nSPS) is 21.5. The van der Waals surface area contributed by atoms with Gasteiger partial charge in [0.15, 0.2) is 0 Å². The maximum Gasteiger partial charge on any atom is 0.327 e. The van der Waals surface area contributed by atoms with Gasteiger partial charge in [0.2, 0.25) is 5.91 Å². The molecule has 0 bridgehead atoms. The number of benzene rings is 1. The second-order valence-electron chi connectivity index (χ2n) is 5.92. The summed E-state index contributed by atoms with van der Waals surface area (Å²) in [6.07, 6.45) is 1.63. The maximum atomic E-state index is 13.1. The van der Waals surface area contributed by atoms with Crippen LogP contribution in [0.1, 0.15) is 24.4 Å². The average molecular weight is 319 g/mol. The predicted octanol–water partition coefficient (Wildman–Crippen LogP) is 1.38. The van der Waals surface area contributed by atoms with E-state index in [-0.39, 0.29) is 36.8 Å². The fraction of sp³-hybridized carbons (Fsp3) is 0.438. The summed E-state index contributed by atoms with van der Waals surface area (Å²) in [7, 11) is 1.53. The fourth-order valence-corrected chi connectivity index (χ4v) is 3.15. The topological polar surface area (TPSA) is 60.9 Å². The van der Waals surface area contributed by atoms with Crippen LogP contribution in [0.15, 0.2) is 24.3 Å². The number of halogens is 1. The van der Waals surface area contributed by atoms with Crippen LogP contribution in [0.5, 0.6) is 0 Å². The lowest BCUT2D eigenvalue weighted by Crippen LogP contribution is -2.43. The van der Waals surface area contributed by atoms with Crippen molar-refractivity contribution in [3.05, 3.63) is 35.6 Å². The molecule has 2 saturated heterocycles. The van der Waals surface area contributed by atoms with Crippen molar-refractivity contribution < 1.29 is 18.8 Å². The molecule has 1 unspecified atom stereocenters. The minimum absolute atomic E-state index is 0.00744. The zero-order valence-electron chi connectivity index (χ0n) is 12.9. The van der Waals surface area contributed by atoms with Gasteiger partial charge in [0.05, 0.1) is 6.04 Å². The molecule has 23 heavy (non-hydrogen) atoms. The summed E-state index contributed by atoms with van der Waals surface area (Å²) in [5.41, 5.74) is 0.869. The molecule has 2 heterocycles. The summed E-state index contributed by atoms with van der Waals surface area (Å²) in [5.74, 6) is -0.932. The Labute approximate surface area is 133 Å². The Kier molecular flexibility index (Phi) is 4.02. The highest BCUT2D eigenvalue weighted by atomic mass is 19.1. The van der Waals surface area contributed by atoms with E-state index < -0.39 is 6.03 Å². The number of imide groups is 1. The van der Waals surface area contributed by atoms with E-state index in [1.807, 2.05) is 0 Å². The summed E-state index contributed by atoms with van der Waals surface area (Å²) >= 11 is 0. The third-order valence-corrected chi connectivity index (χ3v) is 4.35. The molecule has 2 fully saturated rings. The van der Waals surface area contributed by atoms with Gasteiger partial charge in [0.25, 0.3) is 5.91 Å². The van der Waals surface area contributed by atoms with Gasteiger partial charge in [-0.05, 0) is 30.5 Å². The van der Waals surface area contributed by atoms with Gasteiger partial charge in [-0.1, -0.05) is 12.1 Å². The molecule has 4 amide bonds. The lowest BCUT2D eigenvalue weighted by Gasteiger charge is -2.26. The number of rotatable bonds is 3. The first-order valence-corrected chi connectivity index (χ1v) is 7.58. The van der Waals surface area contributed by atoms with Crippen molar-refractivity contribution in [2.45, 2.75) is 18.9 Å². The van der Waals surface area contributed by atoms with E-state index >= 15 is 0 Å².